The van der Waals surface area contributed by atoms with Gasteiger partial charge in [-0.15, -0.1) is 0 Å². The van der Waals surface area contributed by atoms with Crippen molar-refractivity contribution >= 4 is 11.5 Å². The van der Waals surface area contributed by atoms with E-state index in [4.69, 9.17) is 9.72 Å². The zero-order valence-corrected chi connectivity index (χ0v) is 16.2. The van der Waals surface area contributed by atoms with Crippen LogP contribution in [0.25, 0.3) is 0 Å². The Hall–Kier alpha value is -2.11. The highest BCUT2D eigenvalue weighted by Crippen LogP contribution is 2.24. The Labute approximate surface area is 162 Å². The number of ether oxygens (including phenoxy) is 1. The van der Waals surface area contributed by atoms with E-state index in [0.717, 1.165) is 58.3 Å². The average molecular weight is 367 g/mol. The normalized spacial score (nSPS) is 20.3. The molecule has 0 amide bonds. The Morgan fingerprint density at radius 2 is 1.89 bits per heavy atom. The van der Waals surface area contributed by atoms with Gasteiger partial charge in [-0.2, -0.15) is 0 Å². The van der Waals surface area contributed by atoms with Gasteiger partial charge in [-0.05, 0) is 37.0 Å². The molecule has 1 aromatic carbocycles. The van der Waals surface area contributed by atoms with E-state index in [1.807, 2.05) is 12.3 Å². The minimum atomic E-state index is 0.655. The number of para-hydroxylation sites is 1. The molecule has 2 saturated heterocycles. The quantitative estimate of drug-likeness (QED) is 0.851. The molecule has 1 N–H and O–H groups in total. The lowest BCUT2D eigenvalue weighted by atomic mass is 10.1. The number of hydrogen-bond acceptors (Lipinski definition) is 5. The largest absolute Gasteiger partial charge is 0.381 e. The maximum absolute atomic E-state index is 5.47. The molecule has 3 heterocycles. The molecule has 1 aromatic heterocycles. The predicted molar refractivity (Wildman–Crippen MR) is 110 cm³/mol. The van der Waals surface area contributed by atoms with Gasteiger partial charge in [0.2, 0.25) is 0 Å². The van der Waals surface area contributed by atoms with E-state index in [-0.39, 0.29) is 0 Å². The van der Waals surface area contributed by atoms with Gasteiger partial charge in [-0.1, -0.05) is 24.3 Å². The third kappa shape index (κ3) is 4.42. The van der Waals surface area contributed by atoms with E-state index in [1.165, 1.54) is 23.2 Å². The van der Waals surface area contributed by atoms with Gasteiger partial charge in [0.25, 0.3) is 0 Å². The molecule has 2 aliphatic rings. The summed E-state index contributed by atoms with van der Waals surface area (Å²) in [4.78, 5) is 9.64. The Morgan fingerprint density at radius 1 is 1.07 bits per heavy atom. The van der Waals surface area contributed by atoms with Crippen molar-refractivity contribution in [3.63, 3.8) is 0 Å². The van der Waals surface area contributed by atoms with E-state index in [1.54, 1.807) is 0 Å². The second-order valence-electron chi connectivity index (χ2n) is 7.61. The smallest absolute Gasteiger partial charge is 0.133 e. The van der Waals surface area contributed by atoms with Crippen molar-refractivity contribution in [2.75, 3.05) is 55.7 Å². The lowest BCUT2D eigenvalue weighted by Gasteiger charge is -2.38. The first-order chi connectivity index (χ1) is 13.3. The fraction of sp³-hybridized carbons (Fsp3) is 0.500. The molecule has 27 heavy (non-hydrogen) atoms. The van der Waals surface area contributed by atoms with Gasteiger partial charge in [-0.25, -0.2) is 4.98 Å². The molecule has 0 spiro atoms. The molecule has 5 heteroatoms. The number of anilines is 2. The molecule has 4 rings (SSSR count). The molecule has 1 unspecified atom stereocenters. The van der Waals surface area contributed by atoms with Gasteiger partial charge >= 0.3 is 0 Å². The number of aromatic nitrogens is 1. The van der Waals surface area contributed by atoms with E-state index >= 15 is 0 Å². The number of nitrogens with zero attached hydrogens (tertiary/aromatic N) is 3. The molecule has 5 nitrogen and oxygen atoms in total. The molecule has 1 atom stereocenters. The second kappa shape index (κ2) is 8.72. The van der Waals surface area contributed by atoms with Gasteiger partial charge in [-0.3, -0.25) is 0 Å². The Bertz CT molecular complexity index is 737. The molecule has 0 aliphatic carbocycles. The SMILES string of the molecule is Cc1ccccc1N1CCN(c2ncccc2CNCC2CCOC2)CC1. The molecule has 144 valence electrons. The third-order valence-electron chi connectivity index (χ3n) is 5.68. The Balaban J connectivity index is 1.36. The van der Waals surface area contributed by atoms with Gasteiger partial charge in [0.1, 0.15) is 5.82 Å². The highest BCUT2D eigenvalue weighted by molar-refractivity contribution is 5.55. The first-order valence-corrected chi connectivity index (χ1v) is 10.1. The topological polar surface area (TPSA) is 40.6 Å². The molecule has 2 fully saturated rings. The number of hydrogen-bond donors (Lipinski definition) is 1. The van der Waals surface area contributed by atoms with Crippen LogP contribution in [0.1, 0.15) is 17.5 Å². The van der Waals surface area contributed by atoms with Crippen molar-refractivity contribution in [1.29, 1.82) is 0 Å². The van der Waals surface area contributed by atoms with Gasteiger partial charge < -0.3 is 19.9 Å². The number of aryl methyl sites for hydroxylation is 1. The van der Waals surface area contributed by atoms with Crippen LogP contribution in [0.5, 0.6) is 0 Å². The van der Waals surface area contributed by atoms with Crippen molar-refractivity contribution in [3.8, 4) is 0 Å². The van der Waals surface area contributed by atoms with Crippen LogP contribution in [0.2, 0.25) is 0 Å². The van der Waals surface area contributed by atoms with Gasteiger partial charge in [0.05, 0.1) is 6.61 Å². The minimum Gasteiger partial charge on any atom is -0.381 e. The summed E-state index contributed by atoms with van der Waals surface area (Å²) in [6.45, 7) is 9.99. The summed E-state index contributed by atoms with van der Waals surface area (Å²) in [7, 11) is 0. The van der Waals surface area contributed by atoms with E-state index < -0.39 is 0 Å². The first kappa shape index (κ1) is 18.3. The average Bonchev–Trinajstić information content (AvgIpc) is 3.23. The standard InChI is InChI=1S/C22H30N4O/c1-18-5-2-3-7-21(18)25-10-12-26(13-11-25)22-20(6-4-9-24-22)16-23-15-19-8-14-27-17-19/h2-7,9,19,23H,8,10-17H2,1H3. The lowest BCUT2D eigenvalue weighted by molar-refractivity contribution is 0.185. The maximum atomic E-state index is 5.47. The fourth-order valence-corrected chi connectivity index (χ4v) is 4.09. The summed E-state index contributed by atoms with van der Waals surface area (Å²) >= 11 is 0. The first-order valence-electron chi connectivity index (χ1n) is 10.1. The minimum absolute atomic E-state index is 0.655. The van der Waals surface area contributed by atoms with Crippen molar-refractivity contribution < 1.29 is 4.74 Å². The molecule has 2 aromatic rings. The van der Waals surface area contributed by atoms with Gasteiger partial charge in [0, 0.05) is 63.3 Å². The summed E-state index contributed by atoms with van der Waals surface area (Å²) in [6.07, 6.45) is 3.09. The van der Waals surface area contributed by atoms with E-state index in [9.17, 15) is 0 Å². The summed E-state index contributed by atoms with van der Waals surface area (Å²) in [5.74, 6) is 1.79. The van der Waals surface area contributed by atoms with Crippen molar-refractivity contribution in [2.45, 2.75) is 19.9 Å². The second-order valence-corrected chi connectivity index (χ2v) is 7.61. The summed E-state index contributed by atoms with van der Waals surface area (Å²) in [5, 5.41) is 3.61. The summed E-state index contributed by atoms with van der Waals surface area (Å²) in [5.41, 5.74) is 4.00. The van der Waals surface area contributed by atoms with Crippen LogP contribution in [0.4, 0.5) is 11.5 Å². The molecular weight excluding hydrogens is 336 g/mol. The van der Waals surface area contributed by atoms with Crippen LogP contribution in [-0.2, 0) is 11.3 Å². The summed E-state index contributed by atoms with van der Waals surface area (Å²) in [6, 6.07) is 12.9. The van der Waals surface area contributed by atoms with Crippen molar-refractivity contribution in [1.82, 2.24) is 10.3 Å². The monoisotopic (exact) mass is 366 g/mol. The van der Waals surface area contributed by atoms with Crippen LogP contribution in [0.3, 0.4) is 0 Å². The van der Waals surface area contributed by atoms with Crippen LogP contribution in [0, 0.1) is 12.8 Å². The lowest BCUT2D eigenvalue weighted by Crippen LogP contribution is -2.47. The van der Waals surface area contributed by atoms with Crippen LogP contribution >= 0.6 is 0 Å². The molecule has 0 saturated carbocycles. The van der Waals surface area contributed by atoms with Gasteiger partial charge in [0.15, 0.2) is 0 Å². The van der Waals surface area contributed by atoms with Crippen LogP contribution in [-0.4, -0.2) is 50.9 Å². The number of piperazine rings is 1. The van der Waals surface area contributed by atoms with E-state index in [0.29, 0.717) is 5.92 Å². The van der Waals surface area contributed by atoms with Crippen molar-refractivity contribution in [2.24, 2.45) is 5.92 Å². The number of pyridine rings is 1. The predicted octanol–water partition coefficient (Wildman–Crippen LogP) is 2.84. The fourth-order valence-electron chi connectivity index (χ4n) is 4.09. The zero-order chi connectivity index (χ0) is 18.5. The van der Waals surface area contributed by atoms with E-state index in [2.05, 4.69) is 52.4 Å². The molecule has 2 aliphatic heterocycles. The zero-order valence-electron chi connectivity index (χ0n) is 16.2. The Kier molecular flexibility index (Phi) is 5.90. The Morgan fingerprint density at radius 3 is 2.67 bits per heavy atom. The molecule has 0 bridgehead atoms. The molecular formula is C22H30N4O. The molecule has 0 radical (unpaired) electrons. The number of rotatable bonds is 6. The highest BCUT2D eigenvalue weighted by Gasteiger charge is 2.21. The van der Waals surface area contributed by atoms with Crippen molar-refractivity contribution in [3.05, 3.63) is 53.7 Å². The summed E-state index contributed by atoms with van der Waals surface area (Å²) < 4.78 is 5.47. The number of benzene rings is 1. The highest BCUT2D eigenvalue weighted by atomic mass is 16.5. The maximum Gasteiger partial charge on any atom is 0.133 e. The van der Waals surface area contributed by atoms with Crippen LogP contribution in [0.15, 0.2) is 42.6 Å². The third-order valence-corrected chi connectivity index (χ3v) is 5.68. The number of nitrogens with one attached hydrogen (secondary N) is 1. The van der Waals surface area contributed by atoms with Crippen LogP contribution < -0.4 is 15.1 Å².